The minimum absolute atomic E-state index is 0.0478. The molecule has 1 saturated heterocycles. The van der Waals surface area contributed by atoms with Crippen LogP contribution in [0.4, 0.5) is 19.7 Å². The summed E-state index contributed by atoms with van der Waals surface area (Å²) in [5.41, 5.74) is 2.37. The van der Waals surface area contributed by atoms with Gasteiger partial charge in [0.1, 0.15) is 33.1 Å². The SMILES string of the molecule is CC(C)(C)OC(=O)N(C(=O)OC(C)(C)C)C1=N[C@](C)(c2cc(N)ccc2F)[C@]2(C)CCC[C@@]1(C)S2(=O)=O. The predicted molar refractivity (Wildman–Crippen MR) is 139 cm³/mol. The molecule has 1 aromatic rings. The van der Waals surface area contributed by atoms with Crippen molar-refractivity contribution in [2.75, 3.05) is 5.73 Å². The zero-order valence-corrected chi connectivity index (χ0v) is 23.9. The zero-order chi connectivity index (χ0) is 28.4. The van der Waals surface area contributed by atoms with E-state index in [0.29, 0.717) is 11.3 Å². The molecule has 3 rings (SSSR count). The maximum Gasteiger partial charge on any atom is 0.425 e. The molecule has 0 radical (unpaired) electrons. The number of nitrogen functional groups attached to an aromatic ring is 1. The van der Waals surface area contributed by atoms with Gasteiger partial charge in [-0.2, -0.15) is 4.90 Å². The van der Waals surface area contributed by atoms with Crippen molar-refractivity contribution in [3.05, 3.63) is 29.6 Å². The number of halogens is 1. The first-order chi connectivity index (χ1) is 16.6. The molecule has 11 heteroatoms. The molecule has 206 valence electrons. The number of nitrogens with zero attached hydrogens (tertiary/aromatic N) is 2. The van der Waals surface area contributed by atoms with Gasteiger partial charge in [0.25, 0.3) is 0 Å². The highest BCUT2D eigenvalue weighted by molar-refractivity contribution is 7.95. The molecule has 1 fully saturated rings. The Hall–Kier alpha value is -2.69. The summed E-state index contributed by atoms with van der Waals surface area (Å²) >= 11 is 0. The van der Waals surface area contributed by atoms with E-state index in [1.165, 1.54) is 32.9 Å². The van der Waals surface area contributed by atoms with Crippen LogP contribution in [0.15, 0.2) is 23.2 Å². The Morgan fingerprint density at radius 3 is 2.00 bits per heavy atom. The van der Waals surface area contributed by atoms with Crippen molar-refractivity contribution in [3.63, 3.8) is 0 Å². The monoisotopic (exact) mass is 539 g/mol. The van der Waals surface area contributed by atoms with Crippen molar-refractivity contribution in [2.45, 2.75) is 108 Å². The molecule has 0 saturated carbocycles. The smallest absolute Gasteiger partial charge is 0.425 e. The highest BCUT2D eigenvalue weighted by atomic mass is 32.2. The molecule has 2 amide bonds. The number of carbonyl (C=O) groups is 2. The van der Waals surface area contributed by atoms with Crippen molar-refractivity contribution in [2.24, 2.45) is 4.99 Å². The summed E-state index contributed by atoms with van der Waals surface area (Å²) in [6.45, 7) is 14.2. The zero-order valence-electron chi connectivity index (χ0n) is 23.1. The standard InChI is InChI=1S/C26H38FN3O6S/c1-22(2,3)35-20(31)30(21(32)36-23(4,5)6)19-24(7)13-10-14-25(8,37(24,33)34)26(9,29-19)17-15-16(28)11-12-18(17)27/h11-12,15H,10,13-14,28H2,1-9H3/t24-,25+,26-/m1/s1. The van der Waals surface area contributed by atoms with Gasteiger partial charge in [-0.1, -0.05) is 0 Å². The Morgan fingerprint density at radius 1 is 1.00 bits per heavy atom. The Kier molecular flexibility index (Phi) is 6.77. The number of fused-ring (bicyclic) bond motifs is 2. The second kappa shape index (κ2) is 8.68. The number of carbonyl (C=O) groups excluding carboxylic acids is 2. The van der Waals surface area contributed by atoms with E-state index in [4.69, 9.17) is 20.2 Å². The van der Waals surface area contributed by atoms with E-state index in [0.717, 1.165) is 6.07 Å². The van der Waals surface area contributed by atoms with Gasteiger partial charge in [0, 0.05) is 11.3 Å². The molecule has 1 aromatic carbocycles. The summed E-state index contributed by atoms with van der Waals surface area (Å²) in [5.74, 6) is -1.07. The molecule has 0 unspecified atom stereocenters. The van der Waals surface area contributed by atoms with Gasteiger partial charge in [0.05, 0.1) is 4.75 Å². The molecular formula is C26H38FN3O6S. The average molecular weight is 540 g/mol. The quantitative estimate of drug-likeness (QED) is 0.478. The van der Waals surface area contributed by atoms with Crippen molar-refractivity contribution in [1.29, 1.82) is 0 Å². The molecule has 2 aliphatic heterocycles. The van der Waals surface area contributed by atoms with Gasteiger partial charge in [-0.25, -0.2) is 22.4 Å². The summed E-state index contributed by atoms with van der Waals surface area (Å²) in [5, 5.41) is 0. The number of anilines is 1. The van der Waals surface area contributed by atoms with E-state index >= 15 is 4.39 Å². The highest BCUT2D eigenvalue weighted by Crippen LogP contribution is 2.57. The number of hydrogen-bond acceptors (Lipinski definition) is 8. The average Bonchev–Trinajstić information content (AvgIpc) is 2.69. The molecule has 3 atom stereocenters. The van der Waals surface area contributed by atoms with Gasteiger partial charge in [-0.15, -0.1) is 0 Å². The molecule has 2 bridgehead atoms. The minimum atomic E-state index is -4.19. The fraction of sp³-hybridized carbons (Fsp3) is 0.654. The molecule has 2 aliphatic rings. The van der Waals surface area contributed by atoms with Crippen LogP contribution in [-0.2, 0) is 24.8 Å². The second-order valence-electron chi connectivity index (χ2n) is 12.4. The number of hydrogen-bond donors (Lipinski definition) is 1. The van der Waals surface area contributed by atoms with E-state index < -0.39 is 54.1 Å². The van der Waals surface area contributed by atoms with Crippen molar-refractivity contribution < 1.29 is 31.9 Å². The number of benzene rings is 1. The molecule has 2 heterocycles. The summed E-state index contributed by atoms with van der Waals surface area (Å²) < 4.78 is 51.8. The van der Waals surface area contributed by atoms with Crippen LogP contribution in [0.3, 0.4) is 0 Å². The minimum Gasteiger partial charge on any atom is -0.443 e. The predicted octanol–water partition coefficient (Wildman–Crippen LogP) is 5.32. The number of amides is 2. The lowest BCUT2D eigenvalue weighted by Crippen LogP contribution is -2.71. The lowest BCUT2D eigenvalue weighted by Gasteiger charge is -2.56. The van der Waals surface area contributed by atoms with E-state index in [1.54, 1.807) is 41.5 Å². The molecule has 37 heavy (non-hydrogen) atoms. The number of sulfone groups is 1. The Morgan fingerprint density at radius 2 is 1.51 bits per heavy atom. The molecule has 0 aliphatic carbocycles. The fourth-order valence-electron chi connectivity index (χ4n) is 5.12. The van der Waals surface area contributed by atoms with Gasteiger partial charge >= 0.3 is 12.2 Å². The topological polar surface area (TPSA) is 128 Å². The van der Waals surface area contributed by atoms with Crippen LogP contribution < -0.4 is 5.73 Å². The van der Waals surface area contributed by atoms with Crippen LogP contribution in [-0.4, -0.2) is 52.0 Å². The first-order valence-corrected chi connectivity index (χ1v) is 13.7. The molecule has 9 nitrogen and oxygen atoms in total. The Labute approximate surface area is 218 Å². The second-order valence-corrected chi connectivity index (χ2v) is 15.2. The Balaban J connectivity index is 2.41. The lowest BCUT2D eigenvalue weighted by molar-refractivity contribution is 0.0135. The number of amidine groups is 1. The molecule has 0 aromatic heterocycles. The van der Waals surface area contributed by atoms with Gasteiger partial charge in [-0.3, -0.25) is 4.99 Å². The first-order valence-electron chi connectivity index (χ1n) is 12.3. The van der Waals surface area contributed by atoms with Crippen molar-refractivity contribution in [3.8, 4) is 0 Å². The summed E-state index contributed by atoms with van der Waals surface area (Å²) in [7, 11) is -4.19. The van der Waals surface area contributed by atoms with Gasteiger partial charge in [0.2, 0.25) is 0 Å². The van der Waals surface area contributed by atoms with Crippen LogP contribution in [0.25, 0.3) is 0 Å². The third-order valence-electron chi connectivity index (χ3n) is 7.21. The number of nitrogens with two attached hydrogens (primary N) is 1. The summed E-state index contributed by atoms with van der Waals surface area (Å²) in [4.78, 5) is 32.3. The van der Waals surface area contributed by atoms with E-state index in [1.807, 2.05) is 0 Å². The van der Waals surface area contributed by atoms with E-state index in [9.17, 15) is 18.0 Å². The first kappa shape index (κ1) is 28.9. The number of ether oxygens (including phenoxy) is 2. The maximum absolute atomic E-state index is 15.3. The van der Waals surface area contributed by atoms with Crippen LogP contribution in [0, 0.1) is 5.82 Å². The van der Waals surface area contributed by atoms with Crippen LogP contribution in [0.5, 0.6) is 0 Å². The molecule has 2 N–H and O–H groups in total. The van der Waals surface area contributed by atoms with Gasteiger partial charge in [0.15, 0.2) is 9.84 Å². The lowest BCUT2D eigenvalue weighted by atomic mass is 9.74. The highest BCUT2D eigenvalue weighted by Gasteiger charge is 2.70. The number of rotatable bonds is 1. The maximum atomic E-state index is 15.3. The molecule has 0 spiro atoms. The fourth-order valence-corrected chi connectivity index (χ4v) is 8.00. The third-order valence-corrected chi connectivity index (χ3v) is 10.6. The number of aliphatic imine (C=N–C) groups is 1. The van der Waals surface area contributed by atoms with Crippen molar-refractivity contribution >= 4 is 33.5 Å². The third kappa shape index (κ3) is 4.59. The largest absolute Gasteiger partial charge is 0.443 e. The van der Waals surface area contributed by atoms with Crippen LogP contribution >= 0.6 is 0 Å². The van der Waals surface area contributed by atoms with E-state index in [-0.39, 0.29) is 29.9 Å². The van der Waals surface area contributed by atoms with Gasteiger partial charge < -0.3 is 15.2 Å². The number of imide groups is 1. The van der Waals surface area contributed by atoms with Gasteiger partial charge in [-0.05, 0) is 99.8 Å². The van der Waals surface area contributed by atoms with Crippen LogP contribution in [0.1, 0.15) is 87.1 Å². The van der Waals surface area contributed by atoms with Crippen LogP contribution in [0.2, 0.25) is 0 Å². The normalized spacial score (nSPS) is 29.2. The Bertz CT molecular complexity index is 1240. The summed E-state index contributed by atoms with van der Waals surface area (Å²) in [6.07, 6.45) is -1.54. The van der Waals surface area contributed by atoms with Crippen molar-refractivity contribution in [1.82, 2.24) is 4.90 Å². The van der Waals surface area contributed by atoms with E-state index in [2.05, 4.69) is 0 Å². The summed E-state index contributed by atoms with van der Waals surface area (Å²) in [6, 6.07) is 3.86. The molecular weight excluding hydrogens is 501 g/mol.